The summed E-state index contributed by atoms with van der Waals surface area (Å²) in [6.07, 6.45) is 0.387. The summed E-state index contributed by atoms with van der Waals surface area (Å²) in [7, 11) is 0. The van der Waals surface area contributed by atoms with Crippen molar-refractivity contribution in [3.05, 3.63) is 51.0 Å². The summed E-state index contributed by atoms with van der Waals surface area (Å²) < 4.78 is 5.35. The average Bonchev–Trinajstić information content (AvgIpc) is 2.96. The van der Waals surface area contributed by atoms with Crippen LogP contribution < -0.4 is 0 Å². The molecule has 0 unspecified atom stereocenters. The van der Waals surface area contributed by atoms with Gasteiger partial charge in [-0.05, 0) is 24.1 Å². The number of benzene rings is 1. The van der Waals surface area contributed by atoms with Crippen molar-refractivity contribution in [3.63, 3.8) is 0 Å². The molecule has 3 rings (SSSR count). The molecule has 1 aliphatic rings. The first-order valence-electron chi connectivity index (χ1n) is 5.86. The van der Waals surface area contributed by atoms with Crippen molar-refractivity contribution in [2.45, 2.75) is 26.6 Å². The van der Waals surface area contributed by atoms with Gasteiger partial charge in [0, 0.05) is 16.6 Å². The standard InChI is InChI=1S/C14H13NO2S/c1-9-8-18-14(15-9)5-13(16)10-2-3-11-6-17-7-12(11)4-10/h2-4,8H,5-7H2,1H3. The number of ketones is 1. The number of thiazole rings is 1. The highest BCUT2D eigenvalue weighted by atomic mass is 32.1. The van der Waals surface area contributed by atoms with E-state index in [1.807, 2.05) is 30.5 Å². The molecule has 18 heavy (non-hydrogen) atoms. The molecule has 3 nitrogen and oxygen atoms in total. The molecule has 0 fully saturated rings. The van der Waals surface area contributed by atoms with E-state index < -0.39 is 0 Å². The zero-order valence-electron chi connectivity index (χ0n) is 10.1. The minimum Gasteiger partial charge on any atom is -0.372 e. The highest BCUT2D eigenvalue weighted by Crippen LogP contribution is 2.22. The lowest BCUT2D eigenvalue weighted by atomic mass is 10.0. The number of nitrogens with zero attached hydrogens (tertiary/aromatic N) is 1. The fourth-order valence-electron chi connectivity index (χ4n) is 2.07. The van der Waals surface area contributed by atoms with E-state index >= 15 is 0 Å². The van der Waals surface area contributed by atoms with Crippen molar-refractivity contribution in [3.8, 4) is 0 Å². The summed E-state index contributed by atoms with van der Waals surface area (Å²) in [5, 5.41) is 2.85. The molecule has 1 aliphatic heterocycles. The van der Waals surface area contributed by atoms with Crippen LogP contribution >= 0.6 is 11.3 Å². The van der Waals surface area contributed by atoms with Crippen molar-refractivity contribution < 1.29 is 9.53 Å². The highest BCUT2D eigenvalue weighted by molar-refractivity contribution is 7.09. The van der Waals surface area contributed by atoms with Gasteiger partial charge in [0.15, 0.2) is 5.78 Å². The van der Waals surface area contributed by atoms with Crippen LogP contribution in [0.3, 0.4) is 0 Å². The third-order valence-corrected chi connectivity index (χ3v) is 3.99. The monoisotopic (exact) mass is 259 g/mol. The molecule has 4 heteroatoms. The first kappa shape index (κ1) is 11.6. The number of carbonyl (C=O) groups is 1. The topological polar surface area (TPSA) is 39.2 Å². The summed E-state index contributed by atoms with van der Waals surface area (Å²) in [4.78, 5) is 16.5. The minimum absolute atomic E-state index is 0.124. The van der Waals surface area contributed by atoms with E-state index in [1.165, 1.54) is 5.56 Å². The van der Waals surface area contributed by atoms with Gasteiger partial charge in [-0.3, -0.25) is 4.79 Å². The van der Waals surface area contributed by atoms with E-state index in [0.717, 1.165) is 21.8 Å². The Balaban J connectivity index is 1.80. The van der Waals surface area contributed by atoms with Crippen LogP contribution in [0, 0.1) is 6.92 Å². The van der Waals surface area contributed by atoms with E-state index in [9.17, 15) is 4.79 Å². The number of rotatable bonds is 3. The van der Waals surface area contributed by atoms with Gasteiger partial charge in [0.1, 0.15) is 5.01 Å². The molecule has 0 saturated heterocycles. The van der Waals surface area contributed by atoms with Crippen LogP contribution in [0.5, 0.6) is 0 Å². The Hall–Kier alpha value is -1.52. The summed E-state index contributed by atoms with van der Waals surface area (Å²) >= 11 is 1.54. The third kappa shape index (κ3) is 2.21. The van der Waals surface area contributed by atoms with Gasteiger partial charge in [-0.1, -0.05) is 12.1 Å². The van der Waals surface area contributed by atoms with Crippen LogP contribution in [0.25, 0.3) is 0 Å². The fourth-order valence-corrected chi connectivity index (χ4v) is 2.84. The largest absolute Gasteiger partial charge is 0.372 e. The second-order valence-electron chi connectivity index (χ2n) is 4.46. The Morgan fingerprint density at radius 3 is 3.00 bits per heavy atom. The van der Waals surface area contributed by atoms with Gasteiger partial charge in [0.2, 0.25) is 0 Å². The van der Waals surface area contributed by atoms with Gasteiger partial charge in [0.25, 0.3) is 0 Å². The van der Waals surface area contributed by atoms with E-state index in [1.54, 1.807) is 11.3 Å². The van der Waals surface area contributed by atoms with E-state index in [0.29, 0.717) is 19.6 Å². The lowest BCUT2D eigenvalue weighted by Crippen LogP contribution is -2.04. The molecule has 0 radical (unpaired) electrons. The molecule has 1 aromatic heterocycles. The third-order valence-electron chi connectivity index (χ3n) is 3.02. The smallest absolute Gasteiger partial charge is 0.169 e. The fraction of sp³-hybridized carbons (Fsp3) is 0.286. The molecule has 0 saturated carbocycles. The van der Waals surface area contributed by atoms with E-state index in [4.69, 9.17) is 4.74 Å². The number of aromatic nitrogens is 1. The van der Waals surface area contributed by atoms with Gasteiger partial charge in [0.05, 0.1) is 19.6 Å². The van der Waals surface area contributed by atoms with Crippen molar-refractivity contribution in [1.29, 1.82) is 0 Å². The molecule has 0 amide bonds. The lowest BCUT2D eigenvalue weighted by molar-refractivity contribution is 0.0992. The normalized spacial score (nSPS) is 13.6. The number of Topliss-reactive ketones (excluding diaryl/α,β-unsaturated/α-hetero) is 1. The molecule has 2 aromatic rings. The molecule has 0 aliphatic carbocycles. The van der Waals surface area contributed by atoms with Crippen LogP contribution in [0.15, 0.2) is 23.6 Å². The predicted molar refractivity (Wildman–Crippen MR) is 69.8 cm³/mol. The van der Waals surface area contributed by atoms with Crippen LogP contribution in [-0.2, 0) is 24.4 Å². The molecule has 0 atom stereocenters. The number of aryl methyl sites for hydroxylation is 1. The Morgan fingerprint density at radius 1 is 1.39 bits per heavy atom. The second-order valence-corrected chi connectivity index (χ2v) is 5.40. The quantitative estimate of drug-likeness (QED) is 0.796. The van der Waals surface area contributed by atoms with Crippen molar-refractivity contribution in [1.82, 2.24) is 4.98 Å². The SMILES string of the molecule is Cc1csc(CC(=O)c2ccc3c(c2)COC3)n1. The van der Waals surface area contributed by atoms with Crippen molar-refractivity contribution >= 4 is 17.1 Å². The van der Waals surface area contributed by atoms with Gasteiger partial charge in [-0.25, -0.2) is 4.98 Å². The predicted octanol–water partition coefficient (Wildman–Crippen LogP) is 2.91. The van der Waals surface area contributed by atoms with Crippen LogP contribution in [0.1, 0.15) is 32.2 Å². The van der Waals surface area contributed by atoms with Crippen LogP contribution in [0.4, 0.5) is 0 Å². The van der Waals surface area contributed by atoms with Crippen molar-refractivity contribution in [2.75, 3.05) is 0 Å². The van der Waals surface area contributed by atoms with Gasteiger partial charge in [-0.2, -0.15) is 0 Å². The summed E-state index contributed by atoms with van der Waals surface area (Å²) in [6.45, 7) is 3.22. The number of hydrogen-bond acceptors (Lipinski definition) is 4. The Kier molecular flexibility index (Phi) is 2.97. The number of hydrogen-bond donors (Lipinski definition) is 0. The number of fused-ring (bicyclic) bond motifs is 1. The summed E-state index contributed by atoms with van der Waals surface area (Å²) in [5.74, 6) is 0.124. The molecule has 1 aromatic carbocycles. The molecular weight excluding hydrogens is 246 g/mol. The molecule has 0 N–H and O–H groups in total. The zero-order chi connectivity index (χ0) is 12.5. The van der Waals surface area contributed by atoms with Gasteiger partial charge >= 0.3 is 0 Å². The van der Waals surface area contributed by atoms with Gasteiger partial charge in [-0.15, -0.1) is 11.3 Å². The average molecular weight is 259 g/mol. The Morgan fingerprint density at radius 2 is 2.22 bits per heavy atom. The lowest BCUT2D eigenvalue weighted by Gasteiger charge is -2.02. The van der Waals surface area contributed by atoms with Crippen LogP contribution in [-0.4, -0.2) is 10.8 Å². The maximum absolute atomic E-state index is 12.1. The molecule has 92 valence electrons. The van der Waals surface area contributed by atoms with Crippen LogP contribution in [0.2, 0.25) is 0 Å². The Labute approximate surface area is 109 Å². The maximum Gasteiger partial charge on any atom is 0.169 e. The number of ether oxygens (including phenoxy) is 1. The Bertz CT molecular complexity index is 604. The summed E-state index contributed by atoms with van der Waals surface area (Å²) in [5.41, 5.74) is 4.06. The first-order valence-corrected chi connectivity index (χ1v) is 6.74. The molecule has 0 bridgehead atoms. The second kappa shape index (κ2) is 4.63. The minimum atomic E-state index is 0.124. The molecular formula is C14H13NO2S. The highest BCUT2D eigenvalue weighted by Gasteiger charge is 2.15. The first-order chi connectivity index (χ1) is 8.72. The molecule has 2 heterocycles. The maximum atomic E-state index is 12.1. The molecule has 0 spiro atoms. The van der Waals surface area contributed by atoms with E-state index in [-0.39, 0.29) is 5.78 Å². The van der Waals surface area contributed by atoms with Crippen molar-refractivity contribution in [2.24, 2.45) is 0 Å². The number of carbonyl (C=O) groups excluding carboxylic acids is 1. The van der Waals surface area contributed by atoms with Gasteiger partial charge < -0.3 is 4.74 Å². The summed E-state index contributed by atoms with van der Waals surface area (Å²) in [6, 6.07) is 5.82. The van der Waals surface area contributed by atoms with E-state index in [2.05, 4.69) is 4.98 Å². The zero-order valence-corrected chi connectivity index (χ0v) is 10.9.